The lowest BCUT2D eigenvalue weighted by Gasteiger charge is -2.15. The molecule has 2 N–H and O–H groups in total. The SMILES string of the molecule is Cc1cccc(NC(C#N)=C(C#N)C#N)c1NC1CC1. The molecule has 0 unspecified atom stereocenters. The highest BCUT2D eigenvalue weighted by Crippen LogP contribution is 2.32. The van der Waals surface area contributed by atoms with Gasteiger partial charge in [0, 0.05) is 6.04 Å². The van der Waals surface area contributed by atoms with Crippen LogP contribution in [0.2, 0.25) is 0 Å². The van der Waals surface area contributed by atoms with E-state index in [-0.39, 0.29) is 11.3 Å². The van der Waals surface area contributed by atoms with E-state index < -0.39 is 0 Å². The molecule has 1 aliphatic carbocycles. The third kappa shape index (κ3) is 2.88. The Bertz CT molecular complexity index is 662. The molecule has 1 fully saturated rings. The van der Waals surface area contributed by atoms with E-state index >= 15 is 0 Å². The highest BCUT2D eigenvalue weighted by atomic mass is 15.0. The minimum atomic E-state index is -0.216. The van der Waals surface area contributed by atoms with Gasteiger partial charge < -0.3 is 10.6 Å². The van der Waals surface area contributed by atoms with E-state index in [4.69, 9.17) is 15.8 Å². The number of aryl methyl sites for hydroxylation is 1. The fourth-order valence-corrected chi connectivity index (χ4v) is 1.81. The lowest BCUT2D eigenvalue weighted by molar-refractivity contribution is 1.14. The van der Waals surface area contributed by atoms with Crippen molar-refractivity contribution in [2.75, 3.05) is 10.6 Å². The smallest absolute Gasteiger partial charge is 0.163 e. The van der Waals surface area contributed by atoms with Gasteiger partial charge in [0.2, 0.25) is 0 Å². The average Bonchev–Trinajstić information content (AvgIpc) is 3.26. The third-order valence-electron chi connectivity index (χ3n) is 3.04. The van der Waals surface area contributed by atoms with Crippen LogP contribution in [0.3, 0.4) is 0 Å². The lowest BCUT2D eigenvalue weighted by atomic mass is 10.1. The number of rotatable bonds is 4. The van der Waals surface area contributed by atoms with Crippen molar-refractivity contribution < 1.29 is 0 Å². The Labute approximate surface area is 117 Å². The number of hydrogen-bond acceptors (Lipinski definition) is 5. The molecule has 1 aromatic rings. The predicted octanol–water partition coefficient (Wildman–Crippen LogP) is 2.81. The van der Waals surface area contributed by atoms with E-state index in [0.717, 1.165) is 24.1 Å². The van der Waals surface area contributed by atoms with Gasteiger partial charge in [-0.05, 0) is 31.4 Å². The number of anilines is 2. The third-order valence-corrected chi connectivity index (χ3v) is 3.04. The molecule has 20 heavy (non-hydrogen) atoms. The van der Waals surface area contributed by atoms with Crippen LogP contribution in [0.1, 0.15) is 18.4 Å². The first-order valence-electron chi connectivity index (χ1n) is 6.27. The van der Waals surface area contributed by atoms with Gasteiger partial charge >= 0.3 is 0 Å². The Morgan fingerprint density at radius 1 is 1.15 bits per heavy atom. The minimum absolute atomic E-state index is 0.0283. The number of hydrogen-bond donors (Lipinski definition) is 2. The lowest BCUT2D eigenvalue weighted by Crippen LogP contribution is -2.08. The topological polar surface area (TPSA) is 95.4 Å². The molecule has 0 amide bonds. The van der Waals surface area contributed by atoms with Gasteiger partial charge in [-0.15, -0.1) is 0 Å². The van der Waals surface area contributed by atoms with Gasteiger partial charge in [0.25, 0.3) is 0 Å². The van der Waals surface area contributed by atoms with Crippen LogP contribution in [0.15, 0.2) is 29.5 Å². The molecule has 0 saturated heterocycles. The Morgan fingerprint density at radius 2 is 1.85 bits per heavy atom. The molecule has 0 bridgehead atoms. The molecule has 0 spiro atoms. The van der Waals surface area contributed by atoms with Gasteiger partial charge in [-0.25, -0.2) is 0 Å². The van der Waals surface area contributed by atoms with Crippen LogP contribution in [0.4, 0.5) is 11.4 Å². The second-order valence-corrected chi connectivity index (χ2v) is 4.63. The number of nitrogens with zero attached hydrogens (tertiary/aromatic N) is 3. The summed E-state index contributed by atoms with van der Waals surface area (Å²) in [5.41, 5.74) is 2.43. The summed E-state index contributed by atoms with van der Waals surface area (Å²) >= 11 is 0. The highest BCUT2D eigenvalue weighted by Gasteiger charge is 2.23. The van der Waals surface area contributed by atoms with Gasteiger partial charge in [-0.1, -0.05) is 12.1 Å². The van der Waals surface area contributed by atoms with Crippen molar-refractivity contribution in [3.8, 4) is 18.2 Å². The van der Waals surface area contributed by atoms with Crippen LogP contribution in [0.5, 0.6) is 0 Å². The second kappa shape index (κ2) is 5.78. The van der Waals surface area contributed by atoms with Crippen LogP contribution < -0.4 is 10.6 Å². The van der Waals surface area contributed by atoms with Crippen LogP contribution in [-0.2, 0) is 0 Å². The summed E-state index contributed by atoms with van der Waals surface area (Å²) in [4.78, 5) is 0. The molecule has 5 heteroatoms. The van der Waals surface area contributed by atoms with Gasteiger partial charge in [0.05, 0.1) is 11.4 Å². The largest absolute Gasteiger partial charge is 0.380 e. The number of benzene rings is 1. The molecule has 1 aromatic carbocycles. The van der Waals surface area contributed by atoms with Crippen LogP contribution in [0, 0.1) is 40.9 Å². The number of allylic oxidation sites excluding steroid dienone is 2. The van der Waals surface area contributed by atoms with E-state index in [2.05, 4.69) is 10.6 Å². The van der Waals surface area contributed by atoms with Crippen molar-refractivity contribution in [2.45, 2.75) is 25.8 Å². The monoisotopic (exact) mass is 263 g/mol. The summed E-state index contributed by atoms with van der Waals surface area (Å²) in [6, 6.07) is 11.4. The van der Waals surface area contributed by atoms with Crippen LogP contribution in [-0.4, -0.2) is 6.04 Å². The van der Waals surface area contributed by atoms with Crippen LogP contribution >= 0.6 is 0 Å². The van der Waals surface area contributed by atoms with Gasteiger partial charge in [0.15, 0.2) is 5.57 Å². The summed E-state index contributed by atoms with van der Waals surface area (Å²) in [5.74, 6) is 0. The molecule has 0 aromatic heterocycles. The molecule has 0 heterocycles. The summed E-state index contributed by atoms with van der Waals surface area (Å²) in [6.45, 7) is 1.97. The van der Waals surface area contributed by atoms with E-state index in [0.29, 0.717) is 11.7 Å². The van der Waals surface area contributed by atoms with E-state index in [1.165, 1.54) is 0 Å². The maximum Gasteiger partial charge on any atom is 0.163 e. The van der Waals surface area contributed by atoms with Crippen molar-refractivity contribution in [3.63, 3.8) is 0 Å². The zero-order valence-corrected chi connectivity index (χ0v) is 11.1. The van der Waals surface area contributed by atoms with Crippen molar-refractivity contribution in [1.82, 2.24) is 0 Å². The Balaban J connectivity index is 2.36. The molecule has 1 aliphatic rings. The van der Waals surface area contributed by atoms with E-state index in [1.807, 2.05) is 31.2 Å². The van der Waals surface area contributed by atoms with Crippen molar-refractivity contribution in [3.05, 3.63) is 35.0 Å². The normalized spacial score (nSPS) is 12.5. The Hall–Kier alpha value is -2.97. The molecule has 2 rings (SSSR count). The average molecular weight is 263 g/mol. The number of nitriles is 3. The Kier molecular flexibility index (Phi) is 3.89. The molecule has 0 radical (unpaired) electrons. The maximum absolute atomic E-state index is 9.08. The van der Waals surface area contributed by atoms with Gasteiger partial charge in [-0.3, -0.25) is 0 Å². The summed E-state index contributed by atoms with van der Waals surface area (Å²) in [7, 11) is 0. The quantitative estimate of drug-likeness (QED) is 0.814. The van der Waals surface area contributed by atoms with Crippen molar-refractivity contribution in [1.29, 1.82) is 15.8 Å². The number of para-hydroxylation sites is 1. The van der Waals surface area contributed by atoms with E-state index in [9.17, 15) is 0 Å². The molecule has 0 atom stereocenters. The molecular formula is C15H13N5. The first-order valence-corrected chi connectivity index (χ1v) is 6.27. The summed E-state index contributed by atoms with van der Waals surface area (Å²) in [6.07, 6.45) is 2.27. The minimum Gasteiger partial charge on any atom is -0.380 e. The number of nitrogens with one attached hydrogen (secondary N) is 2. The fourth-order valence-electron chi connectivity index (χ4n) is 1.81. The van der Waals surface area contributed by atoms with Crippen molar-refractivity contribution in [2.24, 2.45) is 0 Å². The summed E-state index contributed by atoms with van der Waals surface area (Å²) in [5, 5.41) is 33.1. The van der Waals surface area contributed by atoms with Gasteiger partial charge in [0.1, 0.15) is 23.9 Å². The zero-order valence-electron chi connectivity index (χ0n) is 11.1. The van der Waals surface area contributed by atoms with Gasteiger partial charge in [-0.2, -0.15) is 15.8 Å². The molecule has 0 aliphatic heterocycles. The summed E-state index contributed by atoms with van der Waals surface area (Å²) < 4.78 is 0. The second-order valence-electron chi connectivity index (χ2n) is 4.63. The molecule has 5 nitrogen and oxygen atoms in total. The molecular weight excluding hydrogens is 250 g/mol. The first-order chi connectivity index (χ1) is 9.69. The first kappa shape index (κ1) is 13.5. The Morgan fingerprint density at radius 3 is 2.40 bits per heavy atom. The highest BCUT2D eigenvalue weighted by molar-refractivity contribution is 5.76. The van der Waals surface area contributed by atoms with Crippen molar-refractivity contribution >= 4 is 11.4 Å². The maximum atomic E-state index is 9.08. The zero-order chi connectivity index (χ0) is 14.5. The standard InChI is InChI=1S/C15H13N5/c1-10-3-2-4-13(15(10)19-12-5-6-12)20-14(9-18)11(7-16)8-17/h2-4,12,19-20H,5-6H2,1H3. The fraction of sp³-hybridized carbons (Fsp3) is 0.267. The predicted molar refractivity (Wildman–Crippen MR) is 75.3 cm³/mol. The van der Waals surface area contributed by atoms with E-state index in [1.54, 1.807) is 12.1 Å². The molecule has 1 saturated carbocycles. The molecule has 98 valence electrons. The van der Waals surface area contributed by atoms with Crippen LogP contribution in [0.25, 0.3) is 0 Å².